The minimum Gasteiger partial charge on any atom is -0.424 e. The summed E-state index contributed by atoms with van der Waals surface area (Å²) in [7, 11) is 0. The fraction of sp³-hybridized carbons (Fsp3) is 0.176. The molecule has 26 heavy (non-hydrogen) atoms. The molecule has 9 heteroatoms. The Kier molecular flexibility index (Phi) is 4.56. The zero-order valence-corrected chi connectivity index (χ0v) is 15.3. The predicted octanol–water partition coefficient (Wildman–Crippen LogP) is 4.03. The third-order valence-corrected chi connectivity index (χ3v) is 5.45. The number of aromatic nitrogens is 4. The van der Waals surface area contributed by atoms with E-state index in [-0.39, 0.29) is 11.4 Å². The second-order valence-corrected chi connectivity index (χ2v) is 7.26. The highest BCUT2D eigenvalue weighted by molar-refractivity contribution is 7.98. The Morgan fingerprint density at radius 3 is 2.73 bits per heavy atom. The standard InChI is InChI=1S/C17H13FN4O2S2/c1-2-12-21-22-13(24-12)8-26-17-19-15(23)14-11(7-25-16(14)20-17)9-3-5-10(18)6-4-9/h3-7H,2,8H2,1H3,(H,19,20,23). The van der Waals surface area contributed by atoms with E-state index in [1.165, 1.54) is 35.2 Å². The molecule has 0 fully saturated rings. The molecule has 3 aromatic heterocycles. The van der Waals surface area contributed by atoms with Crippen molar-refractivity contribution in [2.45, 2.75) is 24.3 Å². The zero-order chi connectivity index (χ0) is 18.1. The van der Waals surface area contributed by atoms with Crippen LogP contribution < -0.4 is 5.56 Å². The van der Waals surface area contributed by atoms with Gasteiger partial charge in [-0.05, 0) is 17.7 Å². The van der Waals surface area contributed by atoms with E-state index in [9.17, 15) is 9.18 Å². The van der Waals surface area contributed by atoms with Crippen LogP contribution in [0.15, 0.2) is 44.0 Å². The molecule has 0 amide bonds. The number of H-pyrrole nitrogens is 1. The summed E-state index contributed by atoms with van der Waals surface area (Å²) in [6.07, 6.45) is 0.681. The largest absolute Gasteiger partial charge is 0.424 e. The number of hydrogen-bond donors (Lipinski definition) is 1. The zero-order valence-electron chi connectivity index (χ0n) is 13.7. The summed E-state index contributed by atoms with van der Waals surface area (Å²) in [5, 5.41) is 10.7. The van der Waals surface area contributed by atoms with E-state index in [0.29, 0.717) is 39.3 Å². The van der Waals surface area contributed by atoms with E-state index in [1.54, 1.807) is 12.1 Å². The number of hydrogen-bond acceptors (Lipinski definition) is 7. The predicted molar refractivity (Wildman–Crippen MR) is 98.9 cm³/mol. The minimum absolute atomic E-state index is 0.224. The molecule has 0 saturated heterocycles. The first-order valence-electron chi connectivity index (χ1n) is 7.85. The van der Waals surface area contributed by atoms with Gasteiger partial charge in [-0.2, -0.15) is 0 Å². The van der Waals surface area contributed by atoms with Crippen molar-refractivity contribution < 1.29 is 8.81 Å². The number of nitrogens with one attached hydrogen (secondary N) is 1. The Hall–Kier alpha value is -2.52. The van der Waals surface area contributed by atoms with Crippen LogP contribution in [0.1, 0.15) is 18.7 Å². The molecular weight excluding hydrogens is 375 g/mol. The van der Waals surface area contributed by atoms with Gasteiger partial charge in [0.1, 0.15) is 10.6 Å². The number of aromatic amines is 1. The van der Waals surface area contributed by atoms with Gasteiger partial charge in [0.15, 0.2) is 5.16 Å². The molecule has 1 N–H and O–H groups in total. The molecule has 0 aliphatic heterocycles. The van der Waals surface area contributed by atoms with Crippen molar-refractivity contribution in [2.75, 3.05) is 0 Å². The Morgan fingerprint density at radius 2 is 2.00 bits per heavy atom. The Labute approximate surface area is 155 Å². The first-order chi connectivity index (χ1) is 12.6. The second kappa shape index (κ2) is 7.00. The molecule has 3 heterocycles. The molecular formula is C17H13FN4O2S2. The van der Waals surface area contributed by atoms with Gasteiger partial charge in [0.05, 0.1) is 11.1 Å². The van der Waals surface area contributed by atoms with Crippen molar-refractivity contribution in [1.29, 1.82) is 0 Å². The minimum atomic E-state index is -0.314. The highest BCUT2D eigenvalue weighted by Crippen LogP contribution is 2.31. The van der Waals surface area contributed by atoms with Crippen LogP contribution in [0.4, 0.5) is 4.39 Å². The third kappa shape index (κ3) is 3.27. The number of fused-ring (bicyclic) bond motifs is 1. The summed E-state index contributed by atoms with van der Waals surface area (Å²) in [6.45, 7) is 1.94. The van der Waals surface area contributed by atoms with Crippen LogP contribution >= 0.6 is 23.1 Å². The maximum Gasteiger partial charge on any atom is 0.260 e. The van der Waals surface area contributed by atoms with Crippen LogP contribution in [0.2, 0.25) is 0 Å². The summed E-state index contributed by atoms with van der Waals surface area (Å²) in [4.78, 5) is 20.5. The molecule has 4 rings (SSSR count). The molecule has 0 radical (unpaired) electrons. The average molecular weight is 388 g/mol. The average Bonchev–Trinajstić information content (AvgIpc) is 3.27. The number of rotatable bonds is 5. The molecule has 6 nitrogen and oxygen atoms in total. The van der Waals surface area contributed by atoms with E-state index >= 15 is 0 Å². The maximum atomic E-state index is 13.1. The van der Waals surface area contributed by atoms with Crippen molar-refractivity contribution >= 4 is 33.3 Å². The number of halogens is 1. The van der Waals surface area contributed by atoms with Crippen LogP contribution in [0.25, 0.3) is 21.3 Å². The molecule has 0 aliphatic rings. The highest BCUT2D eigenvalue weighted by Gasteiger charge is 2.14. The van der Waals surface area contributed by atoms with Crippen LogP contribution in [0.3, 0.4) is 0 Å². The fourth-order valence-corrected chi connectivity index (χ4v) is 4.16. The smallest absolute Gasteiger partial charge is 0.260 e. The SMILES string of the molecule is CCc1nnc(CSc2nc3scc(-c4ccc(F)cc4)c3c(=O)[nH]2)o1. The quantitative estimate of drug-likeness (QED) is 0.410. The van der Waals surface area contributed by atoms with Gasteiger partial charge in [0.2, 0.25) is 11.8 Å². The lowest BCUT2D eigenvalue weighted by molar-refractivity contribution is 0.470. The van der Waals surface area contributed by atoms with Crippen LogP contribution in [0.5, 0.6) is 0 Å². The van der Waals surface area contributed by atoms with Crippen molar-refractivity contribution in [3.63, 3.8) is 0 Å². The van der Waals surface area contributed by atoms with E-state index in [2.05, 4.69) is 20.2 Å². The van der Waals surface area contributed by atoms with E-state index in [0.717, 1.165) is 11.1 Å². The van der Waals surface area contributed by atoms with Gasteiger partial charge in [-0.15, -0.1) is 21.5 Å². The summed E-state index contributed by atoms with van der Waals surface area (Å²) >= 11 is 2.71. The maximum absolute atomic E-state index is 13.1. The third-order valence-electron chi connectivity index (χ3n) is 3.72. The van der Waals surface area contributed by atoms with E-state index in [4.69, 9.17) is 4.42 Å². The Bertz CT molecular complexity index is 1120. The second-order valence-electron chi connectivity index (χ2n) is 5.44. The summed E-state index contributed by atoms with van der Waals surface area (Å²) in [5.41, 5.74) is 1.31. The van der Waals surface area contributed by atoms with Gasteiger partial charge >= 0.3 is 0 Å². The lowest BCUT2D eigenvalue weighted by atomic mass is 10.1. The van der Waals surface area contributed by atoms with Crippen molar-refractivity contribution in [3.8, 4) is 11.1 Å². The van der Waals surface area contributed by atoms with Gasteiger partial charge < -0.3 is 9.40 Å². The van der Waals surface area contributed by atoms with Crippen molar-refractivity contribution in [2.24, 2.45) is 0 Å². The summed E-state index contributed by atoms with van der Waals surface area (Å²) < 4.78 is 18.6. The summed E-state index contributed by atoms with van der Waals surface area (Å²) in [6, 6.07) is 6.05. The molecule has 0 spiro atoms. The molecule has 0 unspecified atom stereocenters. The number of nitrogens with zero attached hydrogens (tertiary/aromatic N) is 3. The molecule has 4 aromatic rings. The fourth-order valence-electron chi connectivity index (χ4n) is 2.46. The van der Waals surface area contributed by atoms with Crippen LogP contribution in [-0.4, -0.2) is 20.2 Å². The van der Waals surface area contributed by atoms with Gasteiger partial charge in [-0.3, -0.25) is 4.79 Å². The topological polar surface area (TPSA) is 84.7 Å². The molecule has 0 atom stereocenters. The van der Waals surface area contributed by atoms with Crippen molar-refractivity contribution in [3.05, 3.63) is 57.6 Å². The molecule has 0 bridgehead atoms. The monoisotopic (exact) mass is 388 g/mol. The Morgan fingerprint density at radius 1 is 1.23 bits per heavy atom. The normalized spacial score (nSPS) is 11.3. The van der Waals surface area contributed by atoms with Crippen LogP contribution in [0, 0.1) is 5.82 Å². The molecule has 1 aromatic carbocycles. The first-order valence-corrected chi connectivity index (χ1v) is 9.72. The van der Waals surface area contributed by atoms with Crippen LogP contribution in [-0.2, 0) is 12.2 Å². The number of benzene rings is 1. The highest BCUT2D eigenvalue weighted by atomic mass is 32.2. The number of thiophene rings is 1. The van der Waals surface area contributed by atoms with Gasteiger partial charge in [0.25, 0.3) is 5.56 Å². The number of aryl methyl sites for hydroxylation is 1. The van der Waals surface area contributed by atoms with Gasteiger partial charge in [-0.1, -0.05) is 30.8 Å². The molecule has 0 saturated carbocycles. The molecule has 132 valence electrons. The van der Waals surface area contributed by atoms with Crippen molar-refractivity contribution in [1.82, 2.24) is 20.2 Å². The van der Waals surface area contributed by atoms with Gasteiger partial charge in [0, 0.05) is 17.4 Å². The molecule has 0 aliphatic carbocycles. The van der Waals surface area contributed by atoms with Gasteiger partial charge in [-0.25, -0.2) is 9.37 Å². The Balaban J connectivity index is 1.63. The summed E-state index contributed by atoms with van der Waals surface area (Å²) in [5.74, 6) is 1.19. The van der Waals surface area contributed by atoms with E-state index < -0.39 is 0 Å². The first kappa shape index (κ1) is 16.9. The number of thioether (sulfide) groups is 1. The lowest BCUT2D eigenvalue weighted by Crippen LogP contribution is -2.08. The van der Waals surface area contributed by atoms with E-state index in [1.807, 2.05) is 12.3 Å². The lowest BCUT2D eigenvalue weighted by Gasteiger charge is -2.01.